The number of carboxylic acids is 1. The van der Waals surface area contributed by atoms with Gasteiger partial charge in [0.05, 0.1) is 27.2 Å². The number of nitrogens with zero attached hydrogens (tertiary/aromatic N) is 4. The number of phenols is 1. The number of phenolic OH excluding ortho intramolecular Hbond substituents is 1. The number of azo groups is 2. The minimum Gasteiger partial charge on any atom is -0.681 e. The summed E-state index contributed by atoms with van der Waals surface area (Å²) >= 11 is 0. The first-order valence-corrected chi connectivity index (χ1v) is 19.6. The second-order valence-corrected chi connectivity index (χ2v) is 22.5. The molecule has 0 aliphatic carbocycles. The lowest BCUT2D eigenvalue weighted by Crippen LogP contribution is -2.02. The highest BCUT2D eigenvalue weighted by Gasteiger charge is 2.25. The summed E-state index contributed by atoms with van der Waals surface area (Å²) in [5, 5.41) is 36.5. The van der Waals surface area contributed by atoms with Gasteiger partial charge in [-0.2, -0.15) is 21.9 Å². The molecule has 0 radical (unpaired) electrons. The average molecular weight is 699 g/mol. The molecule has 0 amide bonds. The molecule has 2 atom stereocenters. The van der Waals surface area contributed by atoms with Crippen LogP contribution in [-0.4, -0.2) is 42.1 Å². The number of aromatic carboxylic acids is 1. The van der Waals surface area contributed by atoms with Crippen LogP contribution in [0.15, 0.2) is 95.8 Å². The van der Waals surface area contributed by atoms with Crippen LogP contribution >= 0.6 is 24.5 Å². The summed E-state index contributed by atoms with van der Waals surface area (Å²) in [6.07, 6.45) is 0. The zero-order valence-electron chi connectivity index (χ0n) is 21.2. The van der Waals surface area contributed by atoms with Gasteiger partial charge < -0.3 is 32.0 Å². The third kappa shape index (κ3) is 7.06. The van der Waals surface area contributed by atoms with Gasteiger partial charge in [0.25, 0.3) is 20.2 Å². The Morgan fingerprint density at radius 1 is 0.860 bits per heavy atom. The Hall–Kier alpha value is -3.39. The van der Waals surface area contributed by atoms with E-state index >= 15 is 0 Å². The van der Waals surface area contributed by atoms with Crippen molar-refractivity contribution >= 4 is 97.9 Å². The van der Waals surface area contributed by atoms with Crippen molar-refractivity contribution in [2.45, 2.75) is 14.7 Å². The molecule has 4 aromatic carbocycles. The molecule has 0 aliphatic rings. The second-order valence-electron chi connectivity index (χ2n) is 8.60. The van der Waals surface area contributed by atoms with Crippen molar-refractivity contribution in [3.05, 3.63) is 66.2 Å². The van der Waals surface area contributed by atoms with Crippen molar-refractivity contribution in [3.8, 4) is 5.75 Å². The normalized spacial score (nSPS) is 13.9. The first-order chi connectivity index (χ1) is 19.9. The van der Waals surface area contributed by atoms with E-state index in [-0.39, 0.29) is 38.3 Å². The van der Waals surface area contributed by atoms with Crippen LogP contribution in [-0.2, 0) is 28.2 Å². The largest absolute Gasteiger partial charge is 0.681 e. The lowest BCUT2D eigenvalue weighted by atomic mass is 10.1. The monoisotopic (exact) mass is 698 g/mol. The standard InChI is InChI=1S/C23H19N5O9P3S3/c24-19-18-11(9-16(42(35,36)37)20(19)27-25-12-5-7-13(8-6-12)41(32,33)34)10-17(43(38,39)40)21(22(18)29)28-26-15-4-2-1-3-14(15)23(30)31/h1-10,29,38H,24,39H2,(H,30,31)(H,32,33,34)(H,35,36,37)/q-1. The Balaban J connectivity index is 1.99. The molecule has 0 saturated carbocycles. The van der Waals surface area contributed by atoms with Gasteiger partial charge in [0.1, 0.15) is 22.0 Å². The van der Waals surface area contributed by atoms with Crippen LogP contribution in [0.3, 0.4) is 0 Å². The van der Waals surface area contributed by atoms with Gasteiger partial charge >= 0.3 is 5.97 Å². The molecule has 4 rings (SSSR count). The summed E-state index contributed by atoms with van der Waals surface area (Å²) < 4.78 is 66.3. The fourth-order valence-electron chi connectivity index (χ4n) is 3.78. The number of benzene rings is 4. The smallest absolute Gasteiger partial charge is 0.337 e. The lowest BCUT2D eigenvalue weighted by molar-refractivity contribution is 0.0697. The molecule has 20 heteroatoms. The number of aromatic hydroxyl groups is 1. The second kappa shape index (κ2) is 11.9. The third-order valence-electron chi connectivity index (χ3n) is 5.72. The van der Waals surface area contributed by atoms with Gasteiger partial charge in [-0.1, -0.05) is 12.1 Å². The van der Waals surface area contributed by atoms with E-state index in [4.69, 9.17) is 10.3 Å². The van der Waals surface area contributed by atoms with Crippen LogP contribution in [0.1, 0.15) is 10.4 Å². The molecule has 0 saturated heterocycles. The summed E-state index contributed by atoms with van der Waals surface area (Å²) in [5.41, 5.74) is 4.93. The van der Waals surface area contributed by atoms with Gasteiger partial charge in [-0.05, 0) is 53.9 Å². The number of carboxylic acid groups (broad SMARTS) is 1. The first-order valence-electron chi connectivity index (χ1n) is 11.3. The van der Waals surface area contributed by atoms with E-state index in [0.717, 1.165) is 30.3 Å². The van der Waals surface area contributed by atoms with Gasteiger partial charge in [0, 0.05) is 4.90 Å². The number of hydrogen-bond donors (Lipinski definition) is 5. The number of hydrogen-bond acceptors (Lipinski definition) is 11. The minimum atomic E-state index is -4.96. The van der Waals surface area contributed by atoms with Crippen LogP contribution in [0.4, 0.5) is 28.4 Å². The molecular weight excluding hydrogens is 679 g/mol. The molecule has 6 N–H and O–H groups in total. The van der Waals surface area contributed by atoms with Crippen LogP contribution in [0.5, 0.6) is 5.75 Å². The lowest BCUT2D eigenvalue weighted by Gasteiger charge is -2.22. The molecule has 0 spiro atoms. The van der Waals surface area contributed by atoms with Gasteiger partial charge in [-0.3, -0.25) is 9.11 Å². The number of fused-ring (bicyclic) bond motifs is 1. The van der Waals surface area contributed by atoms with E-state index in [2.05, 4.69) is 44.9 Å². The molecule has 2 unspecified atom stereocenters. The molecule has 0 aliphatic heterocycles. The number of nitrogen functional groups attached to an aromatic ring is 1. The van der Waals surface area contributed by atoms with Crippen LogP contribution in [0.2, 0.25) is 0 Å². The maximum absolute atomic E-state index is 12.3. The molecule has 43 heavy (non-hydrogen) atoms. The van der Waals surface area contributed by atoms with E-state index in [1.54, 1.807) is 6.07 Å². The van der Waals surface area contributed by atoms with Crippen molar-refractivity contribution < 1.29 is 40.9 Å². The third-order valence-corrected chi connectivity index (χ3v) is 10.4. The Bertz CT molecular complexity index is 2210. The highest BCUT2D eigenvalue weighted by atomic mass is 33.1. The van der Waals surface area contributed by atoms with E-state index in [1.165, 1.54) is 24.3 Å². The maximum Gasteiger partial charge on any atom is 0.337 e. The molecule has 0 fully saturated rings. The van der Waals surface area contributed by atoms with Crippen molar-refractivity contribution in [1.82, 2.24) is 0 Å². The van der Waals surface area contributed by atoms with Crippen LogP contribution < -0.4 is 5.73 Å². The highest BCUT2D eigenvalue weighted by Crippen LogP contribution is 2.50. The summed E-state index contributed by atoms with van der Waals surface area (Å²) in [7, 11) is -1.34. The summed E-state index contributed by atoms with van der Waals surface area (Å²) in [4.78, 5) is 10.6. The minimum absolute atomic E-state index is 0.0184. The van der Waals surface area contributed by atoms with Gasteiger partial charge in [-0.15, -0.1) is 31.8 Å². The fraction of sp³-hybridized carbons (Fsp3) is 0. The quantitative estimate of drug-likeness (QED) is 0.0555. The van der Waals surface area contributed by atoms with Crippen molar-refractivity contribution in [2.75, 3.05) is 5.73 Å². The molecule has 0 bridgehead atoms. The van der Waals surface area contributed by atoms with Crippen LogP contribution in [0.25, 0.3) is 10.8 Å². The zero-order chi connectivity index (χ0) is 31.9. The van der Waals surface area contributed by atoms with Crippen molar-refractivity contribution in [2.24, 2.45) is 20.5 Å². The Morgan fingerprint density at radius 3 is 2.00 bits per heavy atom. The molecule has 0 aromatic heterocycles. The van der Waals surface area contributed by atoms with Gasteiger partial charge in [0.2, 0.25) is 0 Å². The Labute approximate surface area is 250 Å². The summed E-state index contributed by atoms with van der Waals surface area (Å²) in [5.74, 6) is -1.86. The maximum atomic E-state index is 12.3. The Kier molecular flexibility index (Phi) is 9.04. The Morgan fingerprint density at radius 2 is 1.44 bits per heavy atom. The predicted molar refractivity (Wildman–Crippen MR) is 168 cm³/mol. The van der Waals surface area contributed by atoms with Crippen molar-refractivity contribution in [1.29, 1.82) is 0 Å². The SMILES string of the molecule is Nc1c(N=Nc2ccc(S(=O)(=O)O)cc2)c(S(=O)(=O)O)cc2cc(S(=[P-])(=P)P)c(N=Nc3ccccc3C(=O)O)c(O)c12. The zero-order valence-corrected chi connectivity index (χ0v) is 26.7. The molecule has 224 valence electrons. The summed E-state index contributed by atoms with van der Waals surface area (Å²) in [6, 6.07) is 12.5. The predicted octanol–water partition coefficient (Wildman–Crippen LogP) is 6.84. The van der Waals surface area contributed by atoms with E-state index in [1.807, 2.05) is 0 Å². The number of carbonyl (C=O) groups is 1. The van der Waals surface area contributed by atoms with E-state index < -0.39 is 61.1 Å². The molecule has 0 heterocycles. The summed E-state index contributed by atoms with van der Waals surface area (Å²) in [6.45, 7) is 0. The first kappa shape index (κ1) is 32.5. The average Bonchev–Trinajstić information content (AvgIpc) is 2.90. The van der Waals surface area contributed by atoms with Crippen molar-refractivity contribution in [3.63, 3.8) is 0 Å². The van der Waals surface area contributed by atoms with E-state index in [9.17, 15) is 36.4 Å². The fourth-order valence-corrected chi connectivity index (χ4v) is 7.10. The number of nitrogens with two attached hydrogens (primary N) is 1. The molecule has 14 nitrogen and oxygen atoms in total. The van der Waals surface area contributed by atoms with Gasteiger partial charge in [-0.25, -0.2) is 4.79 Å². The highest BCUT2D eigenvalue weighted by molar-refractivity contribution is 8.68. The molecular formula is C23H19N5O9P3S3-. The van der Waals surface area contributed by atoms with Gasteiger partial charge in [0.15, 0.2) is 5.75 Å². The molecule has 4 aromatic rings. The van der Waals surface area contributed by atoms with Crippen LogP contribution in [0, 0.1) is 0 Å². The number of rotatable bonds is 8. The van der Waals surface area contributed by atoms with E-state index in [0.29, 0.717) is 0 Å². The number of anilines is 1. The topological polar surface area (TPSA) is 242 Å².